The summed E-state index contributed by atoms with van der Waals surface area (Å²) in [7, 11) is 0. The van der Waals surface area contributed by atoms with Crippen LogP contribution < -0.4 is 0 Å². The van der Waals surface area contributed by atoms with E-state index < -0.39 is 0 Å². The molecule has 2 nitrogen and oxygen atoms in total. The van der Waals surface area contributed by atoms with E-state index in [4.69, 9.17) is 0 Å². The summed E-state index contributed by atoms with van der Waals surface area (Å²) in [6, 6.07) is 5.82. The maximum Gasteiger partial charge on any atom is 0.115 e. The lowest BCUT2D eigenvalue weighted by Crippen LogP contribution is -1.85. The second-order valence-corrected chi connectivity index (χ2v) is 4.30. The maximum absolute atomic E-state index is 4.18. The van der Waals surface area contributed by atoms with Crippen LogP contribution in [0.2, 0.25) is 0 Å². The van der Waals surface area contributed by atoms with Crippen molar-refractivity contribution in [3.8, 4) is 11.1 Å². The normalized spacial score (nSPS) is 10.1. The first kappa shape index (κ1) is 9.80. The molecule has 0 unspecified atom stereocenters. The molecule has 0 aliphatic rings. The van der Waals surface area contributed by atoms with Crippen molar-refractivity contribution in [2.75, 3.05) is 0 Å². The van der Waals surface area contributed by atoms with Crippen molar-refractivity contribution >= 4 is 31.9 Å². The predicted molar refractivity (Wildman–Crippen MR) is 62.9 cm³/mol. The van der Waals surface area contributed by atoms with Crippen LogP contribution in [0.5, 0.6) is 0 Å². The maximum atomic E-state index is 4.18. The molecule has 0 saturated heterocycles. The summed E-state index contributed by atoms with van der Waals surface area (Å²) in [5, 5.41) is 0. The first-order chi connectivity index (χ1) is 6.79. The van der Waals surface area contributed by atoms with E-state index in [0.29, 0.717) is 0 Å². The Morgan fingerprint density at radius 2 is 1.64 bits per heavy atom. The quantitative estimate of drug-likeness (QED) is 0.751. The van der Waals surface area contributed by atoms with Crippen LogP contribution in [0, 0.1) is 0 Å². The molecule has 0 spiro atoms. The van der Waals surface area contributed by atoms with Crippen molar-refractivity contribution in [2.45, 2.75) is 0 Å². The van der Waals surface area contributed by atoms with Crippen LogP contribution in [0.3, 0.4) is 0 Å². The minimum absolute atomic E-state index is 0.832. The van der Waals surface area contributed by atoms with Gasteiger partial charge in [-0.2, -0.15) is 0 Å². The van der Waals surface area contributed by atoms with E-state index in [-0.39, 0.29) is 0 Å². The Hall–Kier alpha value is -0.740. The monoisotopic (exact) mass is 312 g/mol. The second-order valence-electron chi connectivity index (χ2n) is 2.69. The van der Waals surface area contributed by atoms with Crippen LogP contribution in [0.1, 0.15) is 0 Å². The smallest absolute Gasteiger partial charge is 0.115 e. The third-order valence-electron chi connectivity index (χ3n) is 1.82. The summed E-state index contributed by atoms with van der Waals surface area (Å²) >= 11 is 6.92. The Morgan fingerprint density at radius 1 is 0.929 bits per heavy atom. The highest BCUT2D eigenvalue weighted by molar-refractivity contribution is 9.11. The van der Waals surface area contributed by atoms with Crippen LogP contribution >= 0.6 is 31.9 Å². The van der Waals surface area contributed by atoms with Gasteiger partial charge in [-0.1, -0.05) is 0 Å². The highest BCUT2D eigenvalue weighted by Crippen LogP contribution is 2.32. The van der Waals surface area contributed by atoms with Gasteiger partial charge in [-0.05, 0) is 55.6 Å². The number of nitrogens with zero attached hydrogens (tertiary/aromatic N) is 2. The molecule has 0 atom stereocenters. The first-order valence-electron chi connectivity index (χ1n) is 3.99. The standard InChI is InChI=1S/C10H6Br2N2/c11-8-3-6-14-10(12)9(8)7-1-4-13-5-2-7/h1-6H. The minimum Gasteiger partial charge on any atom is -0.265 e. The lowest BCUT2D eigenvalue weighted by atomic mass is 10.1. The summed E-state index contributed by atoms with van der Waals surface area (Å²) in [4.78, 5) is 8.16. The molecule has 2 rings (SSSR count). The number of rotatable bonds is 1. The molecule has 0 N–H and O–H groups in total. The molecule has 2 heterocycles. The lowest BCUT2D eigenvalue weighted by Gasteiger charge is -2.05. The van der Waals surface area contributed by atoms with Gasteiger partial charge < -0.3 is 0 Å². The molecule has 0 amide bonds. The fourth-order valence-corrected chi connectivity index (χ4v) is 2.55. The molecule has 14 heavy (non-hydrogen) atoms. The van der Waals surface area contributed by atoms with Crippen molar-refractivity contribution in [3.63, 3.8) is 0 Å². The van der Waals surface area contributed by atoms with Gasteiger partial charge in [0.1, 0.15) is 4.60 Å². The first-order valence-corrected chi connectivity index (χ1v) is 5.58. The van der Waals surface area contributed by atoms with Gasteiger partial charge >= 0.3 is 0 Å². The fraction of sp³-hybridized carbons (Fsp3) is 0. The largest absolute Gasteiger partial charge is 0.265 e. The summed E-state index contributed by atoms with van der Waals surface area (Å²) in [5.74, 6) is 0. The van der Waals surface area contributed by atoms with E-state index >= 15 is 0 Å². The van der Waals surface area contributed by atoms with Crippen LogP contribution in [-0.2, 0) is 0 Å². The van der Waals surface area contributed by atoms with Gasteiger partial charge in [0.05, 0.1) is 0 Å². The van der Waals surface area contributed by atoms with Gasteiger partial charge in [0, 0.05) is 28.6 Å². The highest BCUT2D eigenvalue weighted by Gasteiger charge is 2.07. The van der Waals surface area contributed by atoms with E-state index in [1.54, 1.807) is 18.6 Å². The molecule has 0 bridgehead atoms. The number of pyridine rings is 2. The molecule has 0 aromatic carbocycles. The van der Waals surface area contributed by atoms with Crippen LogP contribution in [0.4, 0.5) is 0 Å². The van der Waals surface area contributed by atoms with Gasteiger partial charge in [-0.3, -0.25) is 4.98 Å². The fourth-order valence-electron chi connectivity index (χ4n) is 1.19. The highest BCUT2D eigenvalue weighted by atomic mass is 79.9. The molecule has 0 saturated carbocycles. The van der Waals surface area contributed by atoms with E-state index in [1.807, 2.05) is 18.2 Å². The molecule has 70 valence electrons. The second kappa shape index (κ2) is 4.19. The molecule has 2 aromatic heterocycles. The topological polar surface area (TPSA) is 25.8 Å². The van der Waals surface area contributed by atoms with Gasteiger partial charge in [-0.15, -0.1) is 0 Å². The average Bonchev–Trinajstić information content (AvgIpc) is 2.19. The van der Waals surface area contributed by atoms with Gasteiger partial charge in [0.15, 0.2) is 0 Å². The third-order valence-corrected chi connectivity index (χ3v) is 3.08. The van der Waals surface area contributed by atoms with Crippen molar-refractivity contribution in [1.82, 2.24) is 9.97 Å². The zero-order valence-corrected chi connectivity index (χ0v) is 10.3. The molecule has 0 radical (unpaired) electrons. The Morgan fingerprint density at radius 3 is 2.29 bits per heavy atom. The summed E-state index contributed by atoms with van der Waals surface area (Å²) in [6.07, 6.45) is 5.28. The van der Waals surface area contributed by atoms with E-state index in [2.05, 4.69) is 41.8 Å². The van der Waals surface area contributed by atoms with Crippen molar-refractivity contribution in [1.29, 1.82) is 0 Å². The van der Waals surface area contributed by atoms with Crippen LogP contribution in [-0.4, -0.2) is 9.97 Å². The molecule has 0 fully saturated rings. The van der Waals surface area contributed by atoms with Crippen LogP contribution in [0.15, 0.2) is 45.9 Å². The SMILES string of the molecule is Brc1ccnc(Br)c1-c1ccncc1. The van der Waals surface area contributed by atoms with Crippen molar-refractivity contribution in [2.24, 2.45) is 0 Å². The average molecular weight is 314 g/mol. The van der Waals surface area contributed by atoms with Crippen molar-refractivity contribution < 1.29 is 0 Å². The number of hydrogen-bond acceptors (Lipinski definition) is 2. The zero-order valence-electron chi connectivity index (χ0n) is 7.11. The number of hydrogen-bond donors (Lipinski definition) is 0. The van der Waals surface area contributed by atoms with Crippen LogP contribution in [0.25, 0.3) is 11.1 Å². The van der Waals surface area contributed by atoms with Crippen molar-refractivity contribution in [3.05, 3.63) is 45.9 Å². The lowest BCUT2D eigenvalue weighted by molar-refractivity contribution is 1.26. The van der Waals surface area contributed by atoms with Gasteiger partial charge in [-0.25, -0.2) is 4.98 Å². The summed E-state index contributed by atoms with van der Waals surface area (Å²) in [5.41, 5.74) is 2.14. The molecular formula is C10H6Br2N2. The predicted octanol–water partition coefficient (Wildman–Crippen LogP) is 3.67. The number of aromatic nitrogens is 2. The molecule has 0 aliphatic heterocycles. The minimum atomic E-state index is 0.832. The van der Waals surface area contributed by atoms with E-state index in [1.165, 1.54) is 0 Å². The molecule has 2 aromatic rings. The van der Waals surface area contributed by atoms with E-state index in [9.17, 15) is 0 Å². The summed E-state index contributed by atoms with van der Waals surface area (Å²) in [6.45, 7) is 0. The van der Waals surface area contributed by atoms with Gasteiger partial charge in [0.2, 0.25) is 0 Å². The molecule has 4 heteroatoms. The number of halogens is 2. The Labute approximate surface area is 98.7 Å². The van der Waals surface area contributed by atoms with E-state index in [0.717, 1.165) is 20.2 Å². The Kier molecular flexibility index (Phi) is 2.93. The third kappa shape index (κ3) is 1.86. The summed E-state index contributed by atoms with van der Waals surface area (Å²) < 4.78 is 1.85. The Balaban J connectivity index is 2.63. The molecular weight excluding hydrogens is 308 g/mol. The molecule has 0 aliphatic carbocycles. The van der Waals surface area contributed by atoms with Gasteiger partial charge in [0.25, 0.3) is 0 Å². The zero-order chi connectivity index (χ0) is 9.97. The Bertz CT molecular complexity index is 423.